The van der Waals surface area contributed by atoms with Crippen molar-refractivity contribution in [3.05, 3.63) is 0 Å². The molecule has 0 radical (unpaired) electrons. The molecule has 0 aliphatic carbocycles. The fraction of sp³-hybridized carbons (Fsp3) is 1.00. The smallest absolute Gasteiger partial charge is 0.0471 e. The minimum Gasteiger partial charge on any atom is -0.381 e. The number of rotatable bonds is 4. The summed E-state index contributed by atoms with van der Waals surface area (Å²) in [4.78, 5) is 0. The predicted molar refractivity (Wildman–Crippen MR) is 71.3 cm³/mol. The second-order valence-electron chi connectivity index (χ2n) is 5.72. The Balaban J connectivity index is 1.77. The fourth-order valence-electron chi connectivity index (χ4n) is 3.04. The molecule has 17 heavy (non-hydrogen) atoms. The molecule has 0 spiro atoms. The van der Waals surface area contributed by atoms with E-state index in [4.69, 9.17) is 4.74 Å². The van der Waals surface area contributed by atoms with Crippen LogP contribution in [0.25, 0.3) is 0 Å². The van der Waals surface area contributed by atoms with Gasteiger partial charge in [-0.25, -0.2) is 0 Å². The molecule has 2 aliphatic rings. The van der Waals surface area contributed by atoms with Crippen molar-refractivity contribution in [2.75, 3.05) is 32.8 Å². The Kier molecular flexibility index (Phi) is 5.26. The standard InChI is InChI=1S/C14H28N2O/c1-2-14(6-10-17-11-7-14)12-16-13-4-3-8-15-9-5-13/h13,15-16H,2-12H2,1H3. The molecule has 0 aromatic rings. The summed E-state index contributed by atoms with van der Waals surface area (Å²) in [5.41, 5.74) is 0.512. The van der Waals surface area contributed by atoms with Gasteiger partial charge in [-0.1, -0.05) is 6.92 Å². The summed E-state index contributed by atoms with van der Waals surface area (Å²) in [5.74, 6) is 0. The average Bonchev–Trinajstić information content (AvgIpc) is 2.66. The number of hydrogen-bond acceptors (Lipinski definition) is 3. The van der Waals surface area contributed by atoms with E-state index in [1.165, 1.54) is 58.2 Å². The quantitative estimate of drug-likeness (QED) is 0.788. The normalized spacial score (nSPS) is 29.8. The van der Waals surface area contributed by atoms with E-state index in [1.54, 1.807) is 0 Å². The molecule has 2 aliphatic heterocycles. The molecular formula is C14H28N2O. The van der Waals surface area contributed by atoms with Crippen molar-refractivity contribution >= 4 is 0 Å². The van der Waals surface area contributed by atoms with Crippen LogP contribution in [-0.4, -0.2) is 38.9 Å². The zero-order valence-electron chi connectivity index (χ0n) is 11.3. The lowest BCUT2D eigenvalue weighted by Gasteiger charge is -2.37. The first-order valence-electron chi connectivity index (χ1n) is 7.36. The van der Waals surface area contributed by atoms with Crippen LogP contribution < -0.4 is 10.6 Å². The van der Waals surface area contributed by atoms with E-state index < -0.39 is 0 Å². The van der Waals surface area contributed by atoms with Crippen molar-refractivity contribution in [2.24, 2.45) is 5.41 Å². The topological polar surface area (TPSA) is 33.3 Å². The van der Waals surface area contributed by atoms with E-state index in [2.05, 4.69) is 17.6 Å². The first kappa shape index (κ1) is 13.3. The third-order valence-corrected chi connectivity index (χ3v) is 4.64. The van der Waals surface area contributed by atoms with E-state index in [-0.39, 0.29) is 0 Å². The highest BCUT2D eigenvalue weighted by atomic mass is 16.5. The Hall–Kier alpha value is -0.120. The van der Waals surface area contributed by atoms with Crippen molar-refractivity contribution in [1.82, 2.24) is 10.6 Å². The van der Waals surface area contributed by atoms with Crippen molar-refractivity contribution in [3.8, 4) is 0 Å². The van der Waals surface area contributed by atoms with Crippen molar-refractivity contribution in [2.45, 2.75) is 51.5 Å². The number of nitrogens with one attached hydrogen (secondary N) is 2. The Labute approximate surface area is 106 Å². The van der Waals surface area contributed by atoms with Gasteiger partial charge in [0.15, 0.2) is 0 Å². The minimum atomic E-state index is 0.512. The molecule has 3 nitrogen and oxygen atoms in total. The third-order valence-electron chi connectivity index (χ3n) is 4.64. The molecule has 1 unspecified atom stereocenters. The van der Waals surface area contributed by atoms with Crippen LogP contribution in [0.2, 0.25) is 0 Å². The molecule has 3 heteroatoms. The van der Waals surface area contributed by atoms with Gasteiger partial charge in [0.25, 0.3) is 0 Å². The minimum absolute atomic E-state index is 0.512. The van der Waals surface area contributed by atoms with Crippen LogP contribution in [0, 0.1) is 5.41 Å². The Morgan fingerprint density at radius 3 is 2.82 bits per heavy atom. The molecule has 0 aromatic heterocycles. The van der Waals surface area contributed by atoms with Gasteiger partial charge in [-0.15, -0.1) is 0 Å². The van der Waals surface area contributed by atoms with Gasteiger partial charge in [-0.3, -0.25) is 0 Å². The lowest BCUT2D eigenvalue weighted by Crippen LogP contribution is -2.42. The van der Waals surface area contributed by atoms with Crippen LogP contribution in [0.4, 0.5) is 0 Å². The first-order valence-corrected chi connectivity index (χ1v) is 7.36. The molecule has 2 heterocycles. The van der Waals surface area contributed by atoms with Gasteiger partial charge < -0.3 is 15.4 Å². The molecule has 2 fully saturated rings. The van der Waals surface area contributed by atoms with E-state index in [1.807, 2.05) is 0 Å². The summed E-state index contributed by atoms with van der Waals surface area (Å²) in [6, 6.07) is 0.733. The summed E-state index contributed by atoms with van der Waals surface area (Å²) in [6.07, 6.45) is 7.71. The van der Waals surface area contributed by atoms with Crippen molar-refractivity contribution in [1.29, 1.82) is 0 Å². The van der Waals surface area contributed by atoms with Crippen LogP contribution in [-0.2, 0) is 4.74 Å². The molecule has 1 atom stereocenters. The summed E-state index contributed by atoms with van der Waals surface area (Å²) in [6.45, 7) is 7.83. The zero-order valence-corrected chi connectivity index (χ0v) is 11.3. The van der Waals surface area contributed by atoms with Gasteiger partial charge in [0.05, 0.1) is 0 Å². The number of hydrogen-bond donors (Lipinski definition) is 2. The first-order chi connectivity index (χ1) is 8.35. The maximum absolute atomic E-state index is 5.50. The lowest BCUT2D eigenvalue weighted by atomic mass is 9.77. The highest BCUT2D eigenvalue weighted by Gasteiger charge is 2.31. The van der Waals surface area contributed by atoms with Gasteiger partial charge in [0, 0.05) is 25.8 Å². The maximum atomic E-state index is 5.50. The summed E-state index contributed by atoms with van der Waals surface area (Å²) >= 11 is 0. The predicted octanol–water partition coefficient (Wildman–Crippen LogP) is 1.92. The molecule has 0 aromatic carbocycles. The summed E-state index contributed by atoms with van der Waals surface area (Å²) in [5, 5.41) is 7.31. The molecule has 2 rings (SSSR count). The second kappa shape index (κ2) is 6.72. The molecule has 100 valence electrons. The molecule has 0 amide bonds. The number of ether oxygens (including phenoxy) is 1. The van der Waals surface area contributed by atoms with Crippen LogP contribution in [0.15, 0.2) is 0 Å². The largest absolute Gasteiger partial charge is 0.381 e. The SMILES string of the molecule is CCC1(CNC2CCCNCC2)CCOCC1. The molecule has 2 saturated heterocycles. The Morgan fingerprint density at radius 2 is 2.06 bits per heavy atom. The lowest BCUT2D eigenvalue weighted by molar-refractivity contribution is 0.0113. The zero-order chi connectivity index (χ0) is 12.0. The van der Waals surface area contributed by atoms with Crippen molar-refractivity contribution < 1.29 is 4.74 Å². The maximum Gasteiger partial charge on any atom is 0.0471 e. The molecule has 0 bridgehead atoms. The van der Waals surface area contributed by atoms with E-state index in [0.29, 0.717) is 5.41 Å². The fourth-order valence-corrected chi connectivity index (χ4v) is 3.04. The third kappa shape index (κ3) is 3.94. The molecule has 0 saturated carbocycles. The van der Waals surface area contributed by atoms with Crippen LogP contribution in [0.3, 0.4) is 0 Å². The van der Waals surface area contributed by atoms with Gasteiger partial charge in [-0.05, 0) is 57.0 Å². The molecular weight excluding hydrogens is 212 g/mol. The highest BCUT2D eigenvalue weighted by Crippen LogP contribution is 2.33. The van der Waals surface area contributed by atoms with Crippen LogP contribution >= 0.6 is 0 Å². The van der Waals surface area contributed by atoms with Crippen LogP contribution in [0.1, 0.15) is 45.4 Å². The summed E-state index contributed by atoms with van der Waals surface area (Å²) < 4.78 is 5.50. The van der Waals surface area contributed by atoms with Gasteiger partial charge in [0.1, 0.15) is 0 Å². The van der Waals surface area contributed by atoms with E-state index in [0.717, 1.165) is 19.3 Å². The highest BCUT2D eigenvalue weighted by molar-refractivity contribution is 4.85. The van der Waals surface area contributed by atoms with Gasteiger partial charge in [0.2, 0.25) is 0 Å². The van der Waals surface area contributed by atoms with Gasteiger partial charge in [-0.2, -0.15) is 0 Å². The van der Waals surface area contributed by atoms with E-state index in [9.17, 15) is 0 Å². The van der Waals surface area contributed by atoms with Crippen molar-refractivity contribution in [3.63, 3.8) is 0 Å². The van der Waals surface area contributed by atoms with Gasteiger partial charge >= 0.3 is 0 Å². The summed E-state index contributed by atoms with van der Waals surface area (Å²) in [7, 11) is 0. The Morgan fingerprint density at radius 1 is 1.24 bits per heavy atom. The monoisotopic (exact) mass is 240 g/mol. The average molecular weight is 240 g/mol. The van der Waals surface area contributed by atoms with Crippen LogP contribution in [0.5, 0.6) is 0 Å². The van der Waals surface area contributed by atoms with E-state index >= 15 is 0 Å². The molecule has 2 N–H and O–H groups in total. The second-order valence-corrected chi connectivity index (χ2v) is 5.72. The Bertz CT molecular complexity index is 206.